The molecule has 0 saturated carbocycles. The fourth-order valence-corrected chi connectivity index (χ4v) is 2.93. The molecule has 3 rings (SSSR count). The van der Waals surface area contributed by atoms with Gasteiger partial charge in [0.25, 0.3) is 0 Å². The first-order chi connectivity index (χ1) is 11.5. The SMILES string of the molecule is Cc1cc(C)c(C(=O)COC(=O)c2ccc3c(c2)OCO3)c(C)c1. The number of carbonyl (C=O) groups excluding carboxylic acids is 2. The van der Waals surface area contributed by atoms with Crippen LogP contribution in [0.5, 0.6) is 11.5 Å². The zero-order valence-corrected chi connectivity index (χ0v) is 13.8. The van der Waals surface area contributed by atoms with Gasteiger partial charge in [-0.05, 0) is 50.1 Å². The minimum atomic E-state index is -0.566. The molecule has 124 valence electrons. The number of esters is 1. The molecule has 2 aromatic carbocycles. The molecular weight excluding hydrogens is 308 g/mol. The van der Waals surface area contributed by atoms with Crippen LogP contribution >= 0.6 is 0 Å². The number of hydrogen-bond donors (Lipinski definition) is 0. The second-order valence-corrected chi connectivity index (χ2v) is 5.84. The van der Waals surface area contributed by atoms with Crippen molar-refractivity contribution in [2.75, 3.05) is 13.4 Å². The van der Waals surface area contributed by atoms with E-state index < -0.39 is 5.97 Å². The standard InChI is InChI=1S/C19H18O5/c1-11-6-12(2)18(13(3)7-11)15(20)9-22-19(21)14-4-5-16-17(8-14)24-10-23-16/h4-8H,9-10H2,1-3H3. The van der Waals surface area contributed by atoms with Crippen molar-refractivity contribution in [3.05, 3.63) is 58.1 Å². The molecule has 1 heterocycles. The molecule has 5 nitrogen and oxygen atoms in total. The van der Waals surface area contributed by atoms with Crippen LogP contribution in [0.4, 0.5) is 0 Å². The summed E-state index contributed by atoms with van der Waals surface area (Å²) < 4.78 is 15.6. The van der Waals surface area contributed by atoms with Crippen LogP contribution < -0.4 is 9.47 Å². The minimum Gasteiger partial charge on any atom is -0.454 e. The van der Waals surface area contributed by atoms with Crippen LogP contribution in [-0.4, -0.2) is 25.2 Å². The third kappa shape index (κ3) is 3.11. The van der Waals surface area contributed by atoms with E-state index >= 15 is 0 Å². The maximum atomic E-state index is 12.4. The van der Waals surface area contributed by atoms with Gasteiger partial charge in [-0.2, -0.15) is 0 Å². The summed E-state index contributed by atoms with van der Waals surface area (Å²) in [6.07, 6.45) is 0. The van der Waals surface area contributed by atoms with E-state index in [1.807, 2.05) is 32.9 Å². The Balaban J connectivity index is 1.69. The Morgan fingerprint density at radius 1 is 1.00 bits per heavy atom. The van der Waals surface area contributed by atoms with Crippen molar-refractivity contribution >= 4 is 11.8 Å². The number of carbonyl (C=O) groups is 2. The van der Waals surface area contributed by atoms with Gasteiger partial charge in [-0.15, -0.1) is 0 Å². The minimum absolute atomic E-state index is 0.137. The highest BCUT2D eigenvalue weighted by Crippen LogP contribution is 2.32. The summed E-state index contributed by atoms with van der Waals surface area (Å²) in [6, 6.07) is 8.68. The molecule has 2 aromatic rings. The lowest BCUT2D eigenvalue weighted by Crippen LogP contribution is -2.16. The van der Waals surface area contributed by atoms with Gasteiger partial charge >= 0.3 is 5.97 Å². The second kappa shape index (κ2) is 6.35. The Labute approximate surface area is 140 Å². The average molecular weight is 326 g/mol. The number of rotatable bonds is 4. The first kappa shape index (κ1) is 16.1. The summed E-state index contributed by atoms with van der Waals surface area (Å²) in [4.78, 5) is 24.5. The van der Waals surface area contributed by atoms with Gasteiger partial charge in [-0.25, -0.2) is 4.79 Å². The van der Waals surface area contributed by atoms with Crippen molar-refractivity contribution in [3.8, 4) is 11.5 Å². The molecule has 0 bridgehead atoms. The monoisotopic (exact) mass is 326 g/mol. The maximum Gasteiger partial charge on any atom is 0.338 e. The van der Waals surface area contributed by atoms with Gasteiger partial charge in [-0.1, -0.05) is 17.7 Å². The highest BCUT2D eigenvalue weighted by atomic mass is 16.7. The van der Waals surface area contributed by atoms with Crippen LogP contribution in [0.1, 0.15) is 37.4 Å². The van der Waals surface area contributed by atoms with Crippen LogP contribution in [0, 0.1) is 20.8 Å². The molecule has 1 aliphatic rings. The number of ether oxygens (including phenoxy) is 3. The van der Waals surface area contributed by atoms with E-state index in [0.717, 1.165) is 16.7 Å². The van der Waals surface area contributed by atoms with E-state index in [1.165, 1.54) is 0 Å². The van der Waals surface area contributed by atoms with E-state index in [0.29, 0.717) is 22.6 Å². The number of fused-ring (bicyclic) bond motifs is 1. The van der Waals surface area contributed by atoms with Gasteiger partial charge in [0.2, 0.25) is 12.6 Å². The normalized spacial score (nSPS) is 12.1. The predicted molar refractivity (Wildman–Crippen MR) is 87.8 cm³/mol. The van der Waals surface area contributed by atoms with Crippen molar-refractivity contribution in [3.63, 3.8) is 0 Å². The average Bonchev–Trinajstić information content (AvgIpc) is 2.99. The van der Waals surface area contributed by atoms with Crippen molar-refractivity contribution in [2.45, 2.75) is 20.8 Å². The summed E-state index contributed by atoms with van der Waals surface area (Å²) in [5.74, 6) is 0.317. The lowest BCUT2D eigenvalue weighted by molar-refractivity contribution is 0.0474. The summed E-state index contributed by atoms with van der Waals surface area (Å²) >= 11 is 0. The number of Topliss-reactive ketones (excluding diaryl/α,β-unsaturated/α-hetero) is 1. The quantitative estimate of drug-likeness (QED) is 0.637. The first-order valence-corrected chi connectivity index (χ1v) is 7.63. The van der Waals surface area contributed by atoms with Crippen LogP contribution in [0.25, 0.3) is 0 Å². The highest BCUT2D eigenvalue weighted by Gasteiger charge is 2.19. The zero-order valence-electron chi connectivity index (χ0n) is 13.8. The summed E-state index contributed by atoms with van der Waals surface area (Å²) in [7, 11) is 0. The van der Waals surface area contributed by atoms with E-state index in [1.54, 1.807) is 18.2 Å². The van der Waals surface area contributed by atoms with Crippen LogP contribution in [0.3, 0.4) is 0 Å². The molecule has 0 spiro atoms. The van der Waals surface area contributed by atoms with Crippen molar-refractivity contribution in [1.82, 2.24) is 0 Å². The van der Waals surface area contributed by atoms with Gasteiger partial charge in [-0.3, -0.25) is 4.79 Å². The van der Waals surface area contributed by atoms with E-state index in [9.17, 15) is 9.59 Å². The van der Waals surface area contributed by atoms with Gasteiger partial charge in [0.1, 0.15) is 0 Å². The molecule has 5 heteroatoms. The summed E-state index contributed by atoms with van der Waals surface area (Å²) in [5, 5.41) is 0. The molecule has 0 amide bonds. The highest BCUT2D eigenvalue weighted by molar-refractivity contribution is 6.01. The van der Waals surface area contributed by atoms with Gasteiger partial charge in [0.15, 0.2) is 18.1 Å². The smallest absolute Gasteiger partial charge is 0.338 e. The third-order valence-corrected chi connectivity index (χ3v) is 3.90. The van der Waals surface area contributed by atoms with Crippen LogP contribution in [-0.2, 0) is 4.74 Å². The molecular formula is C19H18O5. The predicted octanol–water partition coefficient (Wildman–Crippen LogP) is 3.38. The van der Waals surface area contributed by atoms with E-state index in [-0.39, 0.29) is 19.2 Å². The Kier molecular flexibility index (Phi) is 4.25. The van der Waals surface area contributed by atoms with Crippen molar-refractivity contribution < 1.29 is 23.8 Å². The number of ketones is 1. The zero-order chi connectivity index (χ0) is 17.3. The maximum absolute atomic E-state index is 12.4. The number of benzene rings is 2. The lowest BCUT2D eigenvalue weighted by Gasteiger charge is -2.11. The first-order valence-electron chi connectivity index (χ1n) is 7.63. The summed E-state index contributed by atoms with van der Waals surface area (Å²) in [6.45, 7) is 5.59. The largest absolute Gasteiger partial charge is 0.454 e. The second-order valence-electron chi connectivity index (χ2n) is 5.84. The molecule has 0 radical (unpaired) electrons. The molecule has 0 aliphatic carbocycles. The summed E-state index contributed by atoms with van der Waals surface area (Å²) in [5.41, 5.74) is 3.80. The van der Waals surface area contributed by atoms with E-state index in [4.69, 9.17) is 14.2 Å². The molecule has 0 saturated heterocycles. The molecule has 0 atom stereocenters. The van der Waals surface area contributed by atoms with Crippen LogP contribution in [0.2, 0.25) is 0 Å². The molecule has 0 unspecified atom stereocenters. The number of aryl methyl sites for hydroxylation is 3. The van der Waals surface area contributed by atoms with Gasteiger partial charge < -0.3 is 14.2 Å². The third-order valence-electron chi connectivity index (χ3n) is 3.90. The number of hydrogen-bond acceptors (Lipinski definition) is 5. The molecule has 0 N–H and O–H groups in total. The Morgan fingerprint density at radius 3 is 2.38 bits per heavy atom. The molecule has 1 aliphatic heterocycles. The topological polar surface area (TPSA) is 61.8 Å². The van der Waals surface area contributed by atoms with Crippen molar-refractivity contribution in [2.24, 2.45) is 0 Å². The fraction of sp³-hybridized carbons (Fsp3) is 0.263. The Bertz CT molecular complexity index is 799. The molecule has 0 aromatic heterocycles. The lowest BCUT2D eigenvalue weighted by atomic mass is 9.97. The fourth-order valence-electron chi connectivity index (χ4n) is 2.93. The van der Waals surface area contributed by atoms with Gasteiger partial charge in [0, 0.05) is 5.56 Å². The molecule has 0 fully saturated rings. The van der Waals surface area contributed by atoms with E-state index in [2.05, 4.69) is 0 Å². The molecule has 24 heavy (non-hydrogen) atoms. The Hall–Kier alpha value is -2.82. The Morgan fingerprint density at radius 2 is 1.67 bits per heavy atom. The van der Waals surface area contributed by atoms with Crippen molar-refractivity contribution in [1.29, 1.82) is 0 Å². The van der Waals surface area contributed by atoms with Gasteiger partial charge in [0.05, 0.1) is 5.56 Å². The van der Waals surface area contributed by atoms with Crippen LogP contribution in [0.15, 0.2) is 30.3 Å².